The molecule has 0 saturated carbocycles. The molecule has 106 valence electrons. The molecule has 0 saturated heterocycles. The molecule has 3 heteroatoms. The number of halogens is 2. The van der Waals surface area contributed by atoms with Crippen LogP contribution in [0.1, 0.15) is 24.0 Å². The van der Waals surface area contributed by atoms with Crippen molar-refractivity contribution in [3.8, 4) is 0 Å². The van der Waals surface area contributed by atoms with Crippen molar-refractivity contribution in [3.63, 3.8) is 0 Å². The largest absolute Gasteiger partial charge is 0.393 e. The van der Waals surface area contributed by atoms with Crippen LogP contribution in [-0.4, -0.2) is 11.2 Å². The Balaban J connectivity index is 1.81. The van der Waals surface area contributed by atoms with Crippen LogP contribution in [0.25, 0.3) is 0 Å². The van der Waals surface area contributed by atoms with Crippen LogP contribution in [0.4, 0.5) is 4.39 Å². The van der Waals surface area contributed by atoms with Crippen molar-refractivity contribution in [3.05, 3.63) is 69.9 Å². The molecule has 0 aromatic heterocycles. The lowest BCUT2D eigenvalue weighted by molar-refractivity contribution is 0.162. The van der Waals surface area contributed by atoms with E-state index in [0.717, 1.165) is 24.8 Å². The average Bonchev–Trinajstić information content (AvgIpc) is 2.45. The van der Waals surface area contributed by atoms with Gasteiger partial charge in [0.05, 0.1) is 10.6 Å². The Morgan fingerprint density at radius 2 is 1.80 bits per heavy atom. The van der Waals surface area contributed by atoms with Crippen LogP contribution in [0.15, 0.2) is 53.0 Å². The van der Waals surface area contributed by atoms with Gasteiger partial charge in [0.15, 0.2) is 0 Å². The number of benzene rings is 2. The maximum atomic E-state index is 13.4. The van der Waals surface area contributed by atoms with Crippen LogP contribution in [-0.2, 0) is 12.8 Å². The molecule has 0 aliphatic carbocycles. The van der Waals surface area contributed by atoms with Gasteiger partial charge in [0.25, 0.3) is 0 Å². The van der Waals surface area contributed by atoms with Crippen molar-refractivity contribution in [2.45, 2.75) is 31.8 Å². The minimum absolute atomic E-state index is 0.279. The van der Waals surface area contributed by atoms with E-state index in [-0.39, 0.29) is 5.82 Å². The third-order valence-electron chi connectivity index (χ3n) is 3.33. The quantitative estimate of drug-likeness (QED) is 0.822. The summed E-state index contributed by atoms with van der Waals surface area (Å²) in [5.41, 5.74) is 2.10. The molecule has 1 N–H and O–H groups in total. The van der Waals surface area contributed by atoms with Crippen molar-refractivity contribution in [1.29, 1.82) is 0 Å². The lowest BCUT2D eigenvalue weighted by Crippen LogP contribution is -2.11. The minimum Gasteiger partial charge on any atom is -0.393 e. The van der Waals surface area contributed by atoms with Crippen LogP contribution < -0.4 is 0 Å². The van der Waals surface area contributed by atoms with Gasteiger partial charge >= 0.3 is 0 Å². The van der Waals surface area contributed by atoms with Gasteiger partial charge in [-0.05, 0) is 58.8 Å². The summed E-state index contributed by atoms with van der Waals surface area (Å²) >= 11 is 3.23. The van der Waals surface area contributed by atoms with Gasteiger partial charge in [-0.3, -0.25) is 0 Å². The number of rotatable bonds is 6. The Morgan fingerprint density at radius 3 is 2.55 bits per heavy atom. The molecule has 0 bridgehead atoms. The van der Waals surface area contributed by atoms with Gasteiger partial charge in [-0.25, -0.2) is 4.39 Å². The number of aliphatic hydroxyl groups excluding tert-OH is 1. The van der Waals surface area contributed by atoms with E-state index in [4.69, 9.17) is 0 Å². The standard InChI is InChI=1S/C17H18BrFO/c18-17-14(9-5-11-16(17)19)12-15(20)10-4-8-13-6-2-1-3-7-13/h1-3,5-7,9,11,15,20H,4,8,10,12H2. The summed E-state index contributed by atoms with van der Waals surface area (Å²) in [5.74, 6) is -0.279. The fourth-order valence-corrected chi connectivity index (χ4v) is 2.67. The summed E-state index contributed by atoms with van der Waals surface area (Å²) in [6.45, 7) is 0. The molecule has 0 amide bonds. The van der Waals surface area contributed by atoms with Crippen LogP contribution >= 0.6 is 15.9 Å². The third-order valence-corrected chi connectivity index (χ3v) is 4.22. The Bertz CT molecular complexity index is 542. The van der Waals surface area contributed by atoms with E-state index in [9.17, 15) is 9.50 Å². The molecule has 1 unspecified atom stereocenters. The Kier molecular flexibility index (Phi) is 5.74. The second-order valence-corrected chi connectivity index (χ2v) is 5.74. The zero-order valence-electron chi connectivity index (χ0n) is 11.2. The Labute approximate surface area is 127 Å². The van der Waals surface area contributed by atoms with Crippen molar-refractivity contribution in [2.75, 3.05) is 0 Å². The summed E-state index contributed by atoms with van der Waals surface area (Å²) < 4.78 is 13.8. The molecule has 20 heavy (non-hydrogen) atoms. The summed E-state index contributed by atoms with van der Waals surface area (Å²) in [6, 6.07) is 15.2. The van der Waals surface area contributed by atoms with Crippen molar-refractivity contribution >= 4 is 15.9 Å². The van der Waals surface area contributed by atoms with Crippen molar-refractivity contribution < 1.29 is 9.50 Å². The number of aryl methyl sites for hydroxylation is 1. The van der Waals surface area contributed by atoms with Gasteiger partial charge in [0.2, 0.25) is 0 Å². The second-order valence-electron chi connectivity index (χ2n) is 4.95. The first-order valence-electron chi connectivity index (χ1n) is 6.81. The topological polar surface area (TPSA) is 20.2 Å². The van der Waals surface area contributed by atoms with E-state index in [1.54, 1.807) is 6.07 Å². The lowest BCUT2D eigenvalue weighted by Gasteiger charge is -2.12. The van der Waals surface area contributed by atoms with Crippen LogP contribution in [0.2, 0.25) is 0 Å². The van der Waals surface area contributed by atoms with Gasteiger partial charge in [0.1, 0.15) is 5.82 Å². The minimum atomic E-state index is -0.434. The fraction of sp³-hybridized carbons (Fsp3) is 0.294. The summed E-state index contributed by atoms with van der Waals surface area (Å²) in [7, 11) is 0. The monoisotopic (exact) mass is 336 g/mol. The van der Waals surface area contributed by atoms with Crippen LogP contribution in [0.5, 0.6) is 0 Å². The second kappa shape index (κ2) is 7.55. The molecular weight excluding hydrogens is 319 g/mol. The maximum absolute atomic E-state index is 13.4. The van der Waals surface area contributed by atoms with E-state index in [1.165, 1.54) is 11.6 Å². The predicted molar refractivity (Wildman–Crippen MR) is 83.2 cm³/mol. The Morgan fingerprint density at radius 1 is 1.05 bits per heavy atom. The molecule has 2 aromatic rings. The molecule has 2 rings (SSSR count). The van der Waals surface area contributed by atoms with E-state index in [0.29, 0.717) is 10.9 Å². The zero-order chi connectivity index (χ0) is 14.4. The molecule has 0 spiro atoms. The molecule has 2 aromatic carbocycles. The highest BCUT2D eigenvalue weighted by molar-refractivity contribution is 9.10. The summed E-state index contributed by atoms with van der Waals surface area (Å²) in [6.07, 6.45) is 2.66. The smallest absolute Gasteiger partial charge is 0.137 e. The van der Waals surface area contributed by atoms with E-state index >= 15 is 0 Å². The SMILES string of the molecule is OC(CCCc1ccccc1)Cc1cccc(F)c1Br. The van der Waals surface area contributed by atoms with E-state index < -0.39 is 6.10 Å². The van der Waals surface area contributed by atoms with Gasteiger partial charge in [-0.2, -0.15) is 0 Å². The van der Waals surface area contributed by atoms with Gasteiger partial charge in [0, 0.05) is 0 Å². The maximum Gasteiger partial charge on any atom is 0.137 e. The fourth-order valence-electron chi connectivity index (χ4n) is 2.25. The normalized spacial score (nSPS) is 12.3. The van der Waals surface area contributed by atoms with Crippen LogP contribution in [0, 0.1) is 5.82 Å². The molecule has 0 fully saturated rings. The first kappa shape index (κ1) is 15.2. The first-order chi connectivity index (χ1) is 9.66. The number of aliphatic hydroxyl groups is 1. The van der Waals surface area contributed by atoms with E-state index in [1.807, 2.05) is 24.3 Å². The third kappa shape index (κ3) is 4.43. The van der Waals surface area contributed by atoms with Gasteiger partial charge in [-0.1, -0.05) is 42.5 Å². The van der Waals surface area contributed by atoms with Crippen molar-refractivity contribution in [1.82, 2.24) is 0 Å². The van der Waals surface area contributed by atoms with E-state index in [2.05, 4.69) is 28.1 Å². The molecule has 1 atom stereocenters. The van der Waals surface area contributed by atoms with Gasteiger partial charge < -0.3 is 5.11 Å². The molecule has 0 heterocycles. The predicted octanol–water partition coefficient (Wildman–Crippen LogP) is 4.51. The number of hydrogen-bond donors (Lipinski definition) is 1. The van der Waals surface area contributed by atoms with Crippen LogP contribution in [0.3, 0.4) is 0 Å². The first-order valence-corrected chi connectivity index (χ1v) is 7.61. The van der Waals surface area contributed by atoms with Crippen molar-refractivity contribution in [2.24, 2.45) is 0 Å². The molecule has 0 aliphatic heterocycles. The molecule has 0 aliphatic rings. The van der Waals surface area contributed by atoms with Gasteiger partial charge in [-0.15, -0.1) is 0 Å². The zero-order valence-corrected chi connectivity index (χ0v) is 12.8. The highest BCUT2D eigenvalue weighted by Crippen LogP contribution is 2.22. The summed E-state index contributed by atoms with van der Waals surface area (Å²) in [5, 5.41) is 10.1. The highest BCUT2D eigenvalue weighted by atomic mass is 79.9. The molecular formula is C17H18BrFO. The Hall–Kier alpha value is -1.19. The molecule has 1 nitrogen and oxygen atoms in total. The average molecular weight is 337 g/mol. The number of hydrogen-bond acceptors (Lipinski definition) is 1. The summed E-state index contributed by atoms with van der Waals surface area (Å²) in [4.78, 5) is 0. The highest BCUT2D eigenvalue weighted by Gasteiger charge is 2.10. The lowest BCUT2D eigenvalue weighted by atomic mass is 10.0. The molecule has 0 radical (unpaired) electrons.